The van der Waals surface area contributed by atoms with Crippen LogP contribution in [0, 0.1) is 5.92 Å². The van der Waals surface area contributed by atoms with Gasteiger partial charge >= 0.3 is 5.97 Å². The first kappa shape index (κ1) is 17.0. The van der Waals surface area contributed by atoms with Crippen molar-refractivity contribution in [2.45, 2.75) is 51.4 Å². The molecule has 0 bridgehead atoms. The number of rotatable bonds is 8. The third-order valence-corrected chi connectivity index (χ3v) is 3.75. The number of nitrogens with zero attached hydrogens (tertiary/aromatic N) is 3. The molecule has 6 nitrogen and oxygen atoms in total. The summed E-state index contributed by atoms with van der Waals surface area (Å²) in [6.45, 7) is 8.97. The molecule has 1 N–H and O–H groups in total. The number of aliphatic carboxylic acids is 1. The van der Waals surface area contributed by atoms with E-state index in [-0.39, 0.29) is 11.4 Å². The van der Waals surface area contributed by atoms with Crippen LogP contribution in [0.3, 0.4) is 0 Å². The topological polar surface area (TPSA) is 77.2 Å². The first-order valence-corrected chi connectivity index (χ1v) is 7.55. The molecule has 0 spiro atoms. The van der Waals surface area contributed by atoms with E-state index in [1.165, 1.54) is 11.8 Å². The Labute approximate surface area is 123 Å². The number of ether oxygens (including phenoxy) is 1. The number of hydrogen-bond acceptors (Lipinski definition) is 5. The van der Waals surface area contributed by atoms with Crippen LogP contribution in [-0.2, 0) is 22.5 Å². The normalized spacial score (nSPS) is 12.1. The van der Waals surface area contributed by atoms with Crippen LogP contribution >= 0.6 is 11.8 Å². The molecule has 114 valence electrons. The summed E-state index contributed by atoms with van der Waals surface area (Å²) in [5.41, 5.74) is -0.323. The number of carboxylic acids is 1. The Morgan fingerprint density at radius 3 is 2.60 bits per heavy atom. The largest absolute Gasteiger partial charge is 0.481 e. The first-order chi connectivity index (χ1) is 9.25. The zero-order chi connectivity index (χ0) is 15.3. The van der Waals surface area contributed by atoms with E-state index < -0.39 is 5.97 Å². The van der Waals surface area contributed by atoms with Crippen molar-refractivity contribution >= 4 is 17.7 Å². The highest BCUT2D eigenvalue weighted by atomic mass is 32.2. The van der Waals surface area contributed by atoms with Crippen molar-refractivity contribution < 1.29 is 14.6 Å². The smallest absolute Gasteiger partial charge is 0.313 e. The molecule has 1 rings (SSSR count). The van der Waals surface area contributed by atoms with Crippen molar-refractivity contribution in [1.82, 2.24) is 14.8 Å². The molecule has 0 aliphatic heterocycles. The first-order valence-electron chi connectivity index (χ1n) is 6.57. The average Bonchev–Trinajstić information content (AvgIpc) is 2.68. The summed E-state index contributed by atoms with van der Waals surface area (Å²) in [7, 11) is 1.67. The van der Waals surface area contributed by atoms with Gasteiger partial charge in [-0.05, 0) is 19.8 Å². The Morgan fingerprint density at radius 1 is 1.45 bits per heavy atom. The van der Waals surface area contributed by atoms with E-state index in [1.807, 2.05) is 18.4 Å². The van der Waals surface area contributed by atoms with Crippen LogP contribution < -0.4 is 0 Å². The van der Waals surface area contributed by atoms with Crippen LogP contribution in [0.5, 0.6) is 0 Å². The summed E-state index contributed by atoms with van der Waals surface area (Å²) in [6, 6.07) is 0. The monoisotopic (exact) mass is 301 g/mol. The summed E-state index contributed by atoms with van der Waals surface area (Å²) < 4.78 is 7.43. The fourth-order valence-corrected chi connectivity index (χ4v) is 2.37. The molecule has 1 aromatic heterocycles. The van der Waals surface area contributed by atoms with Crippen LogP contribution in [0.2, 0.25) is 0 Å². The molecule has 0 atom stereocenters. The molecule has 0 saturated heterocycles. The highest BCUT2D eigenvalue weighted by Crippen LogP contribution is 2.22. The van der Waals surface area contributed by atoms with Crippen molar-refractivity contribution in [3.05, 3.63) is 5.82 Å². The van der Waals surface area contributed by atoms with Gasteiger partial charge in [0, 0.05) is 20.1 Å². The maximum atomic E-state index is 10.7. The van der Waals surface area contributed by atoms with Crippen LogP contribution in [0.25, 0.3) is 0 Å². The van der Waals surface area contributed by atoms with Crippen molar-refractivity contribution in [1.29, 1.82) is 0 Å². The Morgan fingerprint density at radius 2 is 2.10 bits per heavy atom. The predicted molar refractivity (Wildman–Crippen MR) is 78.0 cm³/mol. The molecule has 0 saturated carbocycles. The maximum absolute atomic E-state index is 10.7. The van der Waals surface area contributed by atoms with E-state index in [0.717, 1.165) is 12.4 Å². The lowest BCUT2D eigenvalue weighted by atomic mass is 10.0. The van der Waals surface area contributed by atoms with E-state index in [4.69, 9.17) is 9.84 Å². The van der Waals surface area contributed by atoms with Crippen molar-refractivity contribution in [3.63, 3.8) is 0 Å². The minimum atomic E-state index is -0.854. The minimum Gasteiger partial charge on any atom is -0.481 e. The van der Waals surface area contributed by atoms with Gasteiger partial charge in [-0.1, -0.05) is 25.6 Å². The fraction of sp³-hybridized carbons (Fsp3) is 0.769. The molecule has 0 aliphatic rings. The molecule has 0 unspecified atom stereocenters. The van der Waals surface area contributed by atoms with E-state index in [1.54, 1.807) is 7.11 Å². The van der Waals surface area contributed by atoms with Crippen LogP contribution in [-0.4, -0.2) is 44.3 Å². The summed E-state index contributed by atoms with van der Waals surface area (Å²) >= 11 is 1.20. The molecule has 0 aromatic carbocycles. The van der Waals surface area contributed by atoms with Gasteiger partial charge < -0.3 is 14.4 Å². The molecule has 0 radical (unpaired) electrons. The molecular formula is C13H23N3O3S. The summed E-state index contributed by atoms with van der Waals surface area (Å²) in [6.07, 6.45) is 0.636. The quantitative estimate of drug-likeness (QED) is 0.741. The third-order valence-electron chi connectivity index (χ3n) is 2.80. The lowest BCUT2D eigenvalue weighted by Gasteiger charge is -2.23. The Bertz CT molecular complexity index is 458. The van der Waals surface area contributed by atoms with Crippen molar-refractivity contribution in [2.75, 3.05) is 12.9 Å². The van der Waals surface area contributed by atoms with Gasteiger partial charge in [-0.15, -0.1) is 10.2 Å². The van der Waals surface area contributed by atoms with Gasteiger partial charge in [0.25, 0.3) is 0 Å². The number of aromatic nitrogens is 3. The Hall–Kier alpha value is -1.08. The van der Waals surface area contributed by atoms with Gasteiger partial charge in [0.2, 0.25) is 0 Å². The molecule has 0 aliphatic carbocycles. The highest BCUT2D eigenvalue weighted by Gasteiger charge is 2.23. The Balaban J connectivity index is 2.96. The maximum Gasteiger partial charge on any atom is 0.313 e. The molecule has 7 heteroatoms. The van der Waals surface area contributed by atoms with E-state index in [9.17, 15) is 4.79 Å². The molecule has 1 aromatic rings. The van der Waals surface area contributed by atoms with Crippen LogP contribution in [0.4, 0.5) is 0 Å². The lowest BCUT2D eigenvalue weighted by molar-refractivity contribution is -0.133. The number of carbonyl (C=O) groups is 1. The van der Waals surface area contributed by atoms with Gasteiger partial charge in [-0.25, -0.2) is 0 Å². The zero-order valence-electron chi connectivity index (χ0n) is 12.7. The van der Waals surface area contributed by atoms with Gasteiger partial charge in [-0.2, -0.15) is 0 Å². The molecule has 1 heterocycles. The lowest BCUT2D eigenvalue weighted by Crippen LogP contribution is -2.28. The standard InChI is InChI=1S/C13H23N3O3S/c1-9(2)7-16-10(6-13(3,4)19-5)14-15-12(16)20-8-11(17)18/h9H,6-8H2,1-5H3,(H,17,18). The summed E-state index contributed by atoms with van der Waals surface area (Å²) in [4.78, 5) is 10.7. The van der Waals surface area contributed by atoms with Gasteiger partial charge in [0.1, 0.15) is 5.82 Å². The third kappa shape index (κ3) is 5.13. The number of thioether (sulfide) groups is 1. The fourth-order valence-electron chi connectivity index (χ4n) is 1.68. The molecule has 0 amide bonds. The number of hydrogen-bond donors (Lipinski definition) is 1. The zero-order valence-corrected chi connectivity index (χ0v) is 13.5. The second-order valence-electron chi connectivity index (χ2n) is 5.73. The van der Waals surface area contributed by atoms with Crippen LogP contribution in [0.1, 0.15) is 33.5 Å². The van der Waals surface area contributed by atoms with E-state index in [0.29, 0.717) is 17.5 Å². The SMILES string of the molecule is COC(C)(C)Cc1nnc(SCC(=O)O)n1CC(C)C. The second kappa shape index (κ2) is 7.08. The molecule has 20 heavy (non-hydrogen) atoms. The van der Waals surface area contributed by atoms with Gasteiger partial charge in [0.15, 0.2) is 5.16 Å². The molecule has 0 fully saturated rings. The average molecular weight is 301 g/mol. The Kier molecular flexibility index (Phi) is 6.01. The number of methoxy groups -OCH3 is 1. The highest BCUT2D eigenvalue weighted by molar-refractivity contribution is 7.99. The predicted octanol–water partition coefficient (Wildman–Crippen LogP) is 2.08. The van der Waals surface area contributed by atoms with Gasteiger partial charge in [0.05, 0.1) is 11.4 Å². The number of carboxylic acid groups (broad SMARTS) is 1. The summed E-state index contributed by atoms with van der Waals surface area (Å²) in [5, 5.41) is 17.8. The molecular weight excluding hydrogens is 278 g/mol. The van der Waals surface area contributed by atoms with Crippen LogP contribution in [0.15, 0.2) is 5.16 Å². The summed E-state index contributed by atoms with van der Waals surface area (Å²) in [5.74, 6) is 0.398. The van der Waals surface area contributed by atoms with Crippen molar-refractivity contribution in [2.24, 2.45) is 5.92 Å². The second-order valence-corrected chi connectivity index (χ2v) is 6.67. The van der Waals surface area contributed by atoms with E-state index in [2.05, 4.69) is 24.0 Å². The minimum absolute atomic E-state index is 0.0100. The van der Waals surface area contributed by atoms with Gasteiger partial charge in [-0.3, -0.25) is 4.79 Å². The van der Waals surface area contributed by atoms with E-state index >= 15 is 0 Å². The van der Waals surface area contributed by atoms with Crippen molar-refractivity contribution in [3.8, 4) is 0 Å².